The number of aliphatic hydroxyl groups is 1. The van der Waals surface area contributed by atoms with Crippen LogP contribution in [0, 0.1) is 12.8 Å². The topological polar surface area (TPSA) is 95.9 Å². The van der Waals surface area contributed by atoms with Crippen LogP contribution >= 0.6 is 11.6 Å². The van der Waals surface area contributed by atoms with Gasteiger partial charge in [-0.1, -0.05) is 41.4 Å². The highest BCUT2D eigenvalue weighted by atomic mass is 35.5. The number of sulfonamides is 1. The van der Waals surface area contributed by atoms with Crippen LogP contribution in [0.1, 0.15) is 37.9 Å². The molecule has 1 fully saturated rings. The molecule has 1 saturated heterocycles. The van der Waals surface area contributed by atoms with Gasteiger partial charge in [-0.3, -0.25) is 0 Å². The number of nitrogens with one attached hydrogen (secondary N) is 1. The SMILES string of the molecule is Cc1ccc(S(=O)(=O)N2C[C@@H](O)[C@H](C(NC(=O)OC(C)(C)C)c3ccc(Cl)cc3)C2)cc1. The zero-order valence-electron chi connectivity index (χ0n) is 18.6. The fourth-order valence-electron chi connectivity index (χ4n) is 3.70. The van der Waals surface area contributed by atoms with Gasteiger partial charge in [0, 0.05) is 24.0 Å². The van der Waals surface area contributed by atoms with E-state index < -0.39 is 39.8 Å². The number of carbonyl (C=O) groups excluding carboxylic acids is 1. The third kappa shape index (κ3) is 5.81. The molecule has 2 aromatic carbocycles. The van der Waals surface area contributed by atoms with Crippen molar-refractivity contribution in [2.45, 2.75) is 50.3 Å². The molecule has 32 heavy (non-hydrogen) atoms. The van der Waals surface area contributed by atoms with Crippen LogP contribution in [0.15, 0.2) is 53.4 Å². The zero-order valence-corrected chi connectivity index (χ0v) is 20.2. The molecule has 1 aliphatic rings. The van der Waals surface area contributed by atoms with E-state index in [1.165, 1.54) is 4.31 Å². The number of alkyl carbamates (subject to hydrolysis) is 1. The van der Waals surface area contributed by atoms with E-state index in [-0.39, 0.29) is 18.0 Å². The van der Waals surface area contributed by atoms with E-state index in [2.05, 4.69) is 5.32 Å². The first-order valence-corrected chi connectivity index (χ1v) is 12.2. The summed E-state index contributed by atoms with van der Waals surface area (Å²) in [6.07, 6.45) is -1.63. The van der Waals surface area contributed by atoms with Crippen LogP contribution in [-0.2, 0) is 14.8 Å². The van der Waals surface area contributed by atoms with E-state index in [1.54, 1.807) is 69.3 Å². The predicted octanol–water partition coefficient (Wildman–Crippen LogP) is 3.90. The van der Waals surface area contributed by atoms with E-state index in [1.807, 2.05) is 6.92 Å². The summed E-state index contributed by atoms with van der Waals surface area (Å²) < 4.78 is 32.9. The number of aryl methyl sites for hydroxylation is 1. The molecule has 0 spiro atoms. The summed E-state index contributed by atoms with van der Waals surface area (Å²) in [4.78, 5) is 12.7. The molecule has 1 unspecified atom stereocenters. The molecule has 0 aliphatic carbocycles. The van der Waals surface area contributed by atoms with E-state index >= 15 is 0 Å². The Labute approximate surface area is 194 Å². The highest BCUT2D eigenvalue weighted by Crippen LogP contribution is 2.34. The Balaban J connectivity index is 1.88. The molecule has 1 aliphatic heterocycles. The highest BCUT2D eigenvalue weighted by molar-refractivity contribution is 7.89. The monoisotopic (exact) mass is 480 g/mol. The predicted molar refractivity (Wildman–Crippen MR) is 123 cm³/mol. The maximum Gasteiger partial charge on any atom is 0.408 e. The normalized spacial score (nSPS) is 20.7. The molecule has 174 valence electrons. The number of rotatable bonds is 5. The van der Waals surface area contributed by atoms with Crippen molar-refractivity contribution < 1.29 is 23.1 Å². The molecular weight excluding hydrogens is 452 g/mol. The molecule has 2 N–H and O–H groups in total. The molecular formula is C23H29ClN2O5S. The van der Waals surface area contributed by atoms with Crippen molar-refractivity contribution in [1.29, 1.82) is 0 Å². The number of amides is 1. The maximum absolute atomic E-state index is 13.1. The van der Waals surface area contributed by atoms with Crippen LogP contribution in [0.3, 0.4) is 0 Å². The van der Waals surface area contributed by atoms with E-state index in [0.29, 0.717) is 10.6 Å². The first kappa shape index (κ1) is 24.5. The minimum absolute atomic E-state index is 0.0421. The van der Waals surface area contributed by atoms with E-state index in [9.17, 15) is 18.3 Å². The Morgan fingerprint density at radius 2 is 1.72 bits per heavy atom. The maximum atomic E-state index is 13.1. The standard InChI is InChI=1S/C23H29ClN2O5S/c1-15-5-11-18(12-6-15)32(29,30)26-13-19(20(27)14-26)21(16-7-9-17(24)10-8-16)25-22(28)31-23(2,3)4/h5-12,19-21,27H,13-14H2,1-4H3,(H,25,28)/t19-,20-,21?/m1/s1. The van der Waals surface area contributed by atoms with Gasteiger partial charge in [-0.15, -0.1) is 0 Å². The Morgan fingerprint density at radius 3 is 2.28 bits per heavy atom. The van der Waals surface area contributed by atoms with Crippen molar-refractivity contribution >= 4 is 27.7 Å². The van der Waals surface area contributed by atoms with Gasteiger partial charge >= 0.3 is 6.09 Å². The van der Waals surface area contributed by atoms with Crippen molar-refractivity contribution in [3.63, 3.8) is 0 Å². The Morgan fingerprint density at radius 1 is 1.12 bits per heavy atom. The van der Waals surface area contributed by atoms with Crippen molar-refractivity contribution in [1.82, 2.24) is 9.62 Å². The minimum Gasteiger partial charge on any atom is -0.444 e. The summed E-state index contributed by atoms with van der Waals surface area (Å²) in [5.74, 6) is -0.580. The lowest BCUT2D eigenvalue weighted by Gasteiger charge is -2.29. The van der Waals surface area contributed by atoms with Crippen LogP contribution in [0.4, 0.5) is 4.79 Å². The van der Waals surface area contributed by atoms with Gasteiger partial charge in [-0.25, -0.2) is 13.2 Å². The van der Waals surface area contributed by atoms with Crippen molar-refractivity contribution in [2.75, 3.05) is 13.1 Å². The largest absolute Gasteiger partial charge is 0.444 e. The quantitative estimate of drug-likeness (QED) is 0.676. The lowest BCUT2D eigenvalue weighted by atomic mass is 9.90. The van der Waals surface area contributed by atoms with E-state index in [0.717, 1.165) is 5.56 Å². The van der Waals surface area contributed by atoms with E-state index in [4.69, 9.17) is 16.3 Å². The summed E-state index contributed by atoms with van der Waals surface area (Å²) in [6.45, 7) is 7.12. The second-order valence-corrected chi connectivity index (χ2v) is 11.4. The lowest BCUT2D eigenvalue weighted by molar-refractivity contribution is 0.0451. The number of nitrogens with zero attached hydrogens (tertiary/aromatic N) is 1. The fraction of sp³-hybridized carbons (Fsp3) is 0.435. The number of hydrogen-bond donors (Lipinski definition) is 2. The van der Waals surface area contributed by atoms with Gasteiger partial charge in [0.25, 0.3) is 0 Å². The summed E-state index contributed by atoms with van der Waals surface area (Å²) in [5, 5.41) is 14.2. The highest BCUT2D eigenvalue weighted by Gasteiger charge is 2.43. The van der Waals surface area contributed by atoms with Crippen LogP contribution in [-0.4, -0.2) is 48.7 Å². The van der Waals surface area contributed by atoms with Gasteiger partial charge in [0.1, 0.15) is 5.60 Å². The Bertz CT molecular complexity index is 1050. The third-order valence-electron chi connectivity index (χ3n) is 5.29. The minimum atomic E-state index is -3.79. The van der Waals surface area contributed by atoms with Gasteiger partial charge < -0.3 is 15.2 Å². The molecule has 9 heteroatoms. The molecule has 1 amide bonds. The summed E-state index contributed by atoms with van der Waals surface area (Å²) in [7, 11) is -3.79. The number of β-amino-alcohol motifs (C(OH)–C–C–N with tert-alkyl or cyclic N) is 1. The number of carbonyl (C=O) groups is 1. The fourth-order valence-corrected chi connectivity index (χ4v) is 5.32. The molecule has 0 saturated carbocycles. The average molecular weight is 481 g/mol. The molecule has 7 nitrogen and oxygen atoms in total. The van der Waals surface area contributed by atoms with Crippen molar-refractivity contribution in [3.8, 4) is 0 Å². The third-order valence-corrected chi connectivity index (χ3v) is 7.39. The van der Waals surface area contributed by atoms with Gasteiger partial charge in [-0.05, 0) is 57.5 Å². The molecule has 0 radical (unpaired) electrons. The zero-order chi connectivity index (χ0) is 23.7. The van der Waals surface area contributed by atoms with Crippen LogP contribution in [0.5, 0.6) is 0 Å². The second-order valence-electron chi connectivity index (χ2n) is 9.04. The molecule has 0 aromatic heterocycles. The summed E-state index contributed by atoms with van der Waals surface area (Å²) >= 11 is 6.01. The van der Waals surface area contributed by atoms with Crippen LogP contribution in [0.2, 0.25) is 5.02 Å². The van der Waals surface area contributed by atoms with Crippen LogP contribution < -0.4 is 5.32 Å². The smallest absolute Gasteiger partial charge is 0.408 e. The van der Waals surface area contributed by atoms with Gasteiger partial charge in [0.05, 0.1) is 17.0 Å². The number of hydrogen-bond acceptors (Lipinski definition) is 5. The molecule has 3 rings (SSSR count). The summed E-state index contributed by atoms with van der Waals surface area (Å²) in [5.41, 5.74) is 0.940. The molecule has 2 aromatic rings. The number of halogens is 1. The Kier molecular flexibility index (Phi) is 7.19. The van der Waals surface area contributed by atoms with Crippen LogP contribution in [0.25, 0.3) is 0 Å². The Hall–Kier alpha value is -2.13. The van der Waals surface area contributed by atoms with Crippen molar-refractivity contribution in [3.05, 3.63) is 64.7 Å². The second kappa shape index (κ2) is 9.39. The van der Waals surface area contributed by atoms with Gasteiger partial charge in [0.15, 0.2) is 0 Å². The van der Waals surface area contributed by atoms with Crippen molar-refractivity contribution in [2.24, 2.45) is 5.92 Å². The first-order chi connectivity index (χ1) is 14.9. The molecule has 3 atom stereocenters. The molecule has 1 heterocycles. The summed E-state index contributed by atoms with van der Waals surface area (Å²) in [6, 6.07) is 12.8. The van der Waals surface area contributed by atoms with Gasteiger partial charge in [0.2, 0.25) is 10.0 Å². The number of ether oxygens (including phenoxy) is 1. The number of benzene rings is 2. The average Bonchev–Trinajstić information content (AvgIpc) is 3.08. The van der Waals surface area contributed by atoms with Gasteiger partial charge in [-0.2, -0.15) is 4.31 Å². The lowest BCUT2D eigenvalue weighted by Crippen LogP contribution is -2.41. The molecule has 0 bridgehead atoms. The number of aliphatic hydroxyl groups excluding tert-OH is 1. The first-order valence-electron chi connectivity index (χ1n) is 10.4.